The van der Waals surface area contributed by atoms with Gasteiger partial charge in [-0.3, -0.25) is 4.57 Å². The van der Waals surface area contributed by atoms with Gasteiger partial charge in [-0.2, -0.15) is 0 Å². The zero-order chi connectivity index (χ0) is 18.7. The topological polar surface area (TPSA) is 126 Å². The molecule has 0 spiro atoms. The minimum Gasteiger partial charge on any atom is -0.394 e. The summed E-state index contributed by atoms with van der Waals surface area (Å²) in [5, 5.41) is 32.6. The van der Waals surface area contributed by atoms with Crippen molar-refractivity contribution in [3.63, 3.8) is 0 Å². The van der Waals surface area contributed by atoms with Crippen molar-refractivity contribution in [2.75, 3.05) is 19.0 Å². The lowest BCUT2D eigenvalue weighted by molar-refractivity contribution is -0.0511. The fourth-order valence-electron chi connectivity index (χ4n) is 3.25. The number of hydrogen-bond donors (Lipinski definition) is 4. The van der Waals surface area contributed by atoms with Crippen LogP contribution in [0.5, 0.6) is 0 Å². The molecular formula is C17H27N5O4. The minimum absolute atomic E-state index is 0.374. The van der Waals surface area contributed by atoms with Gasteiger partial charge < -0.3 is 25.4 Å². The maximum Gasteiger partial charge on any atom is 0.167 e. The number of aliphatic hydroxyl groups is 3. The Labute approximate surface area is 152 Å². The number of rotatable bonds is 8. The van der Waals surface area contributed by atoms with Gasteiger partial charge in [0, 0.05) is 13.5 Å². The van der Waals surface area contributed by atoms with Gasteiger partial charge in [-0.25, -0.2) is 15.0 Å². The molecule has 0 aliphatic carbocycles. The second kappa shape index (κ2) is 8.26. The standard InChI is InChI=1S/C17H27N5O4/c1-3-4-5-6-7-11-20-15(18-2)12-16(21-11)22(9-19-12)17-14(25)13(24)10(8-23)26-17/h9-10,13-14,17,23-25H,3-8H2,1-2H3,(H,18,20,21)/t10-,13-,14-,17-/m1/s1. The van der Waals surface area contributed by atoms with Gasteiger partial charge in [0.2, 0.25) is 0 Å². The van der Waals surface area contributed by atoms with E-state index in [1.807, 2.05) is 0 Å². The van der Waals surface area contributed by atoms with Crippen LogP contribution >= 0.6 is 0 Å². The van der Waals surface area contributed by atoms with E-state index >= 15 is 0 Å². The van der Waals surface area contributed by atoms with E-state index in [9.17, 15) is 15.3 Å². The normalized spacial score (nSPS) is 25.9. The van der Waals surface area contributed by atoms with Crippen molar-refractivity contribution in [1.82, 2.24) is 19.5 Å². The molecule has 0 saturated carbocycles. The smallest absolute Gasteiger partial charge is 0.167 e. The minimum atomic E-state index is -1.18. The summed E-state index contributed by atoms with van der Waals surface area (Å²) < 4.78 is 7.20. The van der Waals surface area contributed by atoms with Crippen molar-refractivity contribution < 1.29 is 20.1 Å². The van der Waals surface area contributed by atoms with Gasteiger partial charge >= 0.3 is 0 Å². The van der Waals surface area contributed by atoms with Crippen LogP contribution < -0.4 is 5.32 Å². The molecule has 4 atom stereocenters. The van der Waals surface area contributed by atoms with Crippen LogP contribution in [0.15, 0.2) is 6.33 Å². The highest BCUT2D eigenvalue weighted by Gasteiger charge is 2.44. The third-order valence-corrected chi connectivity index (χ3v) is 4.75. The number of aryl methyl sites for hydroxylation is 1. The van der Waals surface area contributed by atoms with Gasteiger partial charge in [-0.1, -0.05) is 26.2 Å². The second-order valence-electron chi connectivity index (χ2n) is 6.60. The number of imidazole rings is 1. The fraction of sp³-hybridized carbons (Fsp3) is 0.706. The summed E-state index contributed by atoms with van der Waals surface area (Å²) >= 11 is 0. The van der Waals surface area contributed by atoms with E-state index in [0.717, 1.165) is 19.3 Å². The Morgan fingerprint density at radius 3 is 2.65 bits per heavy atom. The molecule has 26 heavy (non-hydrogen) atoms. The second-order valence-corrected chi connectivity index (χ2v) is 6.60. The zero-order valence-electron chi connectivity index (χ0n) is 15.2. The van der Waals surface area contributed by atoms with Crippen LogP contribution in [-0.4, -0.2) is 66.8 Å². The summed E-state index contributed by atoms with van der Waals surface area (Å²) in [6.45, 7) is 1.79. The van der Waals surface area contributed by atoms with E-state index < -0.39 is 24.5 Å². The predicted octanol–water partition coefficient (Wildman–Crippen LogP) is 0.602. The first-order valence-corrected chi connectivity index (χ1v) is 9.14. The summed E-state index contributed by atoms with van der Waals surface area (Å²) in [5.74, 6) is 1.32. The molecule has 3 heterocycles. The SMILES string of the molecule is CCCCCCc1nc(NC)c2ncn([C@@H]3O[C@H](CO)[C@@H](O)[C@H]3O)c2n1. The van der Waals surface area contributed by atoms with Crippen molar-refractivity contribution in [3.05, 3.63) is 12.2 Å². The van der Waals surface area contributed by atoms with Crippen LogP contribution in [0.25, 0.3) is 11.2 Å². The van der Waals surface area contributed by atoms with E-state index in [1.54, 1.807) is 11.6 Å². The summed E-state index contributed by atoms with van der Waals surface area (Å²) in [4.78, 5) is 13.5. The van der Waals surface area contributed by atoms with Gasteiger partial charge in [-0.15, -0.1) is 0 Å². The third-order valence-electron chi connectivity index (χ3n) is 4.75. The number of aliphatic hydroxyl groups excluding tert-OH is 3. The van der Waals surface area contributed by atoms with E-state index in [0.29, 0.717) is 22.8 Å². The first kappa shape index (κ1) is 19.0. The Bertz CT molecular complexity index is 737. The first-order valence-electron chi connectivity index (χ1n) is 9.14. The lowest BCUT2D eigenvalue weighted by Crippen LogP contribution is -2.33. The van der Waals surface area contributed by atoms with E-state index in [-0.39, 0.29) is 6.61 Å². The summed E-state index contributed by atoms with van der Waals surface area (Å²) in [6, 6.07) is 0. The van der Waals surface area contributed by atoms with E-state index in [2.05, 4.69) is 27.2 Å². The number of fused-ring (bicyclic) bond motifs is 1. The number of anilines is 1. The van der Waals surface area contributed by atoms with Gasteiger partial charge in [0.05, 0.1) is 12.9 Å². The lowest BCUT2D eigenvalue weighted by Gasteiger charge is -2.17. The van der Waals surface area contributed by atoms with E-state index in [4.69, 9.17) is 4.74 Å². The Kier molecular flexibility index (Phi) is 6.02. The number of ether oxygens (including phenoxy) is 1. The Morgan fingerprint density at radius 2 is 2.00 bits per heavy atom. The number of nitrogens with one attached hydrogen (secondary N) is 1. The molecule has 1 fully saturated rings. The van der Waals surface area contributed by atoms with Crippen molar-refractivity contribution in [1.29, 1.82) is 0 Å². The first-order chi connectivity index (χ1) is 12.6. The van der Waals surface area contributed by atoms with Crippen molar-refractivity contribution >= 4 is 17.0 Å². The van der Waals surface area contributed by atoms with Crippen molar-refractivity contribution in [2.45, 2.75) is 63.6 Å². The average molecular weight is 365 g/mol. The van der Waals surface area contributed by atoms with Gasteiger partial charge in [-0.05, 0) is 6.42 Å². The van der Waals surface area contributed by atoms with Crippen molar-refractivity contribution in [2.24, 2.45) is 0 Å². The van der Waals surface area contributed by atoms with Crippen LogP contribution in [0.3, 0.4) is 0 Å². The maximum absolute atomic E-state index is 10.3. The zero-order valence-corrected chi connectivity index (χ0v) is 15.2. The summed E-state index contributed by atoms with van der Waals surface area (Å²) in [6.07, 6.45) is 2.71. The molecule has 9 nitrogen and oxygen atoms in total. The monoisotopic (exact) mass is 365 g/mol. The molecule has 1 aliphatic heterocycles. The predicted molar refractivity (Wildman–Crippen MR) is 95.7 cm³/mol. The third kappa shape index (κ3) is 3.52. The van der Waals surface area contributed by atoms with E-state index in [1.165, 1.54) is 19.2 Å². The van der Waals surface area contributed by atoms with Gasteiger partial charge in [0.15, 0.2) is 23.2 Å². The maximum atomic E-state index is 10.3. The Morgan fingerprint density at radius 1 is 1.19 bits per heavy atom. The molecule has 2 aromatic rings. The van der Waals surface area contributed by atoms with Gasteiger partial charge in [0.25, 0.3) is 0 Å². The molecule has 0 radical (unpaired) electrons. The molecule has 0 amide bonds. The highest BCUT2D eigenvalue weighted by Crippen LogP contribution is 2.32. The number of nitrogens with zero attached hydrogens (tertiary/aromatic N) is 4. The summed E-state index contributed by atoms with van der Waals surface area (Å²) in [5.41, 5.74) is 1.10. The molecular weight excluding hydrogens is 338 g/mol. The number of aromatic nitrogens is 4. The quantitative estimate of drug-likeness (QED) is 0.501. The Hall–Kier alpha value is -1.81. The molecule has 4 N–H and O–H groups in total. The highest BCUT2D eigenvalue weighted by atomic mass is 16.6. The fourth-order valence-corrected chi connectivity index (χ4v) is 3.25. The van der Waals surface area contributed by atoms with Gasteiger partial charge in [0.1, 0.15) is 24.1 Å². The lowest BCUT2D eigenvalue weighted by atomic mass is 10.1. The molecule has 0 bridgehead atoms. The van der Waals surface area contributed by atoms with Crippen LogP contribution in [0.1, 0.15) is 44.7 Å². The largest absolute Gasteiger partial charge is 0.394 e. The number of hydrogen-bond acceptors (Lipinski definition) is 8. The molecule has 0 unspecified atom stereocenters. The Balaban J connectivity index is 1.91. The van der Waals surface area contributed by atoms with Crippen LogP contribution in [0.2, 0.25) is 0 Å². The molecule has 1 aliphatic rings. The summed E-state index contributed by atoms with van der Waals surface area (Å²) in [7, 11) is 1.77. The van der Waals surface area contributed by atoms with Crippen LogP contribution in [0.4, 0.5) is 5.82 Å². The van der Waals surface area contributed by atoms with Crippen LogP contribution in [-0.2, 0) is 11.2 Å². The molecule has 3 rings (SSSR count). The number of unbranched alkanes of at least 4 members (excludes halogenated alkanes) is 3. The molecule has 9 heteroatoms. The molecule has 1 saturated heterocycles. The average Bonchev–Trinajstić information content (AvgIpc) is 3.19. The molecule has 2 aromatic heterocycles. The van der Waals surface area contributed by atoms with Crippen molar-refractivity contribution in [3.8, 4) is 0 Å². The highest BCUT2D eigenvalue weighted by molar-refractivity contribution is 5.83. The molecule has 0 aromatic carbocycles. The van der Waals surface area contributed by atoms with Crippen LogP contribution in [0, 0.1) is 0 Å². The molecule has 144 valence electrons.